The molecule has 8 rings (SSSR count). The van der Waals surface area contributed by atoms with Crippen molar-refractivity contribution in [3.63, 3.8) is 0 Å². The first-order valence-corrected chi connectivity index (χ1v) is 53.5. The van der Waals surface area contributed by atoms with Crippen LogP contribution in [0.1, 0.15) is 220 Å². The van der Waals surface area contributed by atoms with Crippen LogP contribution >= 0.6 is 0 Å². The van der Waals surface area contributed by atoms with Crippen molar-refractivity contribution >= 4 is 88.9 Å². The van der Waals surface area contributed by atoms with E-state index in [1.807, 2.05) is 203 Å². The Bertz CT molecular complexity index is 5220. The van der Waals surface area contributed by atoms with Gasteiger partial charge in [0.1, 0.15) is 6.17 Å². The van der Waals surface area contributed by atoms with E-state index in [-0.39, 0.29) is 180 Å². The van der Waals surface area contributed by atoms with Gasteiger partial charge in [0, 0.05) is 108 Å². The van der Waals surface area contributed by atoms with Gasteiger partial charge in [-0.2, -0.15) is 0 Å². The normalized spacial score (nSPS) is 18.3. The maximum absolute atomic E-state index is 16.2. The summed E-state index contributed by atoms with van der Waals surface area (Å²) in [4.78, 5) is 238. The monoisotopic (exact) mass is 2050 g/mol. The molecule has 0 saturated carbocycles. The molecule has 17 N–H and O–H groups in total. The fourth-order valence-corrected chi connectivity index (χ4v) is 18.4. The summed E-state index contributed by atoms with van der Waals surface area (Å²) >= 11 is 0. The van der Waals surface area contributed by atoms with Crippen molar-refractivity contribution in [1.29, 1.82) is 0 Å². The van der Waals surface area contributed by atoms with Crippen LogP contribution < -0.4 is 65.9 Å². The number of benzene rings is 7. The van der Waals surface area contributed by atoms with Crippen molar-refractivity contribution in [2.24, 2.45) is 34.6 Å². The first-order valence-electron chi connectivity index (χ1n) is 53.5. The average molecular weight is 2050 g/mol. The molecule has 7 aromatic rings. The minimum absolute atomic E-state index is 0.0203. The number of primary amides is 1. The summed E-state index contributed by atoms with van der Waals surface area (Å²) in [6, 6.07) is 56.6. The number of imide groups is 2. The highest BCUT2D eigenvalue weighted by molar-refractivity contribution is 5.98. The Hall–Kier alpha value is -13.6. The number of aryl methyl sites for hydroxylation is 5. The van der Waals surface area contributed by atoms with Crippen molar-refractivity contribution in [1.82, 2.24) is 71.5 Å². The Kier molecular flexibility index (Phi) is 55.8. The highest BCUT2D eigenvalue weighted by Crippen LogP contribution is 2.23. The zero-order chi connectivity index (χ0) is 107. The minimum atomic E-state index is -1.48. The number of nitrogens with one attached hydrogen (secondary N) is 7. The van der Waals surface area contributed by atoms with Gasteiger partial charge < -0.3 is 90.4 Å². The van der Waals surface area contributed by atoms with Crippen LogP contribution in [0.2, 0.25) is 0 Å². The van der Waals surface area contributed by atoms with Crippen LogP contribution in [0.5, 0.6) is 0 Å². The third kappa shape index (κ3) is 47.7. The fraction of sp³-hybridized carbons (Fsp3) is 0.504. The van der Waals surface area contributed by atoms with Crippen LogP contribution in [-0.4, -0.2) is 264 Å². The van der Waals surface area contributed by atoms with Gasteiger partial charge in [-0.15, -0.1) is 0 Å². The Morgan fingerprint density at radius 1 is 0.309 bits per heavy atom. The fourth-order valence-electron chi connectivity index (χ4n) is 18.4. The zero-order valence-electron chi connectivity index (χ0n) is 87.7. The molecule has 0 aromatic heterocycles. The van der Waals surface area contributed by atoms with E-state index in [9.17, 15) is 14.4 Å². The lowest BCUT2D eigenvalue weighted by Crippen LogP contribution is -2.61. The molecule has 1 saturated heterocycles. The summed E-state index contributed by atoms with van der Waals surface area (Å²) in [5.41, 5.74) is 36.0. The molecule has 34 heteroatoms. The van der Waals surface area contributed by atoms with Crippen molar-refractivity contribution in [2.45, 2.75) is 269 Å². The number of nitrogens with two attached hydrogens (primary N) is 5. The number of hydrogen-bond donors (Lipinski definition) is 12. The Labute approximate surface area is 880 Å². The Morgan fingerprint density at radius 2 is 0.604 bits per heavy atom. The van der Waals surface area contributed by atoms with Crippen LogP contribution in [-0.2, 0) is 107 Å². The molecule has 0 radical (unpaired) electrons. The number of urea groups is 2. The van der Waals surface area contributed by atoms with E-state index in [0.717, 1.165) is 42.5 Å². The first-order chi connectivity index (χ1) is 72.1. The van der Waals surface area contributed by atoms with E-state index in [0.29, 0.717) is 88.2 Å². The highest BCUT2D eigenvalue weighted by Gasteiger charge is 2.38. The van der Waals surface area contributed by atoms with Crippen molar-refractivity contribution in [3.05, 3.63) is 251 Å². The van der Waals surface area contributed by atoms with Crippen LogP contribution in [0, 0.1) is 5.92 Å². The van der Waals surface area contributed by atoms with Gasteiger partial charge >= 0.3 is 12.1 Å². The maximum Gasteiger partial charge on any atom is 0.326 e. The third-order valence-corrected chi connectivity index (χ3v) is 26.5. The molecule has 808 valence electrons. The summed E-state index contributed by atoms with van der Waals surface area (Å²) in [5.74, 6) is -8.20. The van der Waals surface area contributed by atoms with Crippen LogP contribution in [0.3, 0.4) is 0 Å². The number of rotatable bonds is 44. The summed E-state index contributed by atoms with van der Waals surface area (Å²) in [6.45, 7) is 2.12. The second-order valence-electron chi connectivity index (χ2n) is 39.4. The van der Waals surface area contributed by atoms with Crippen LogP contribution in [0.15, 0.2) is 212 Å². The lowest BCUT2D eigenvalue weighted by Gasteiger charge is -2.36. The van der Waals surface area contributed by atoms with Gasteiger partial charge in [0.05, 0.1) is 51.4 Å². The average Bonchev–Trinajstić information content (AvgIpc) is 0.821. The molecule has 1 heterocycles. The quantitative estimate of drug-likeness (QED) is 0.0158. The van der Waals surface area contributed by atoms with Gasteiger partial charge in [0.2, 0.25) is 76.8 Å². The number of carbonyl (C=O) groups excluding carboxylic acids is 15. The largest absolute Gasteiger partial charge is 0.368 e. The number of hydrogen-bond acceptors (Lipinski definition) is 19. The topological polar surface area (TPSA) is 493 Å². The van der Waals surface area contributed by atoms with E-state index in [1.165, 1.54) is 19.6 Å². The van der Waals surface area contributed by atoms with Gasteiger partial charge in [0.25, 0.3) is 0 Å². The number of amides is 17. The molecular formula is C115H163N19O15. The van der Waals surface area contributed by atoms with Gasteiger partial charge in [-0.25, -0.2) is 14.5 Å². The second-order valence-corrected chi connectivity index (χ2v) is 39.4. The highest BCUT2D eigenvalue weighted by atomic mass is 16.2. The standard InChI is InChI=1S/C115H163N19O15/c1-4-5-13-54-101-127-114(148)133(112(146)62-55-86(2)3)80-99(74-93-48-26-12-27-49-93)125-106(140)85-131(109(143)65-58-89-40-18-8-19-41-89)77-96(52-30-34-71-118)123-104(138)83-130(108(142)64-57-88-38-16-7-17-39-88)76-95(51-29-33-70-117)122-103(137)82-129(107(141)63-56-87-36-14-6-15-37-87)75-94(50-28-32-69-116)121-102(136)61-68-111(145)128(81-100(120)135)79-98(73-92-46-24-11-25-47-92)124-105(139)84-132(110(144)66-59-90-42-20-9-21-43-90)78-97(53-31-35-72-119)126-115(149)134(101)113(147)67-60-91-44-22-10-23-45-91/h6-12,14-27,36-49,86,94-99,101H,4-5,13,28-35,50-85,116-119H2,1-3H3,(H2,120,135)(H,121,136)(H,122,137)(H,123,138)(H,124,139)(H,125,140)(H,126,149)(H,127,148)/t94-,95+,96+,97+,98+,99+,101-/m1/s1. The summed E-state index contributed by atoms with van der Waals surface area (Å²) < 4.78 is 0. The predicted molar refractivity (Wildman–Crippen MR) is 578 cm³/mol. The van der Waals surface area contributed by atoms with E-state index < -0.39 is 183 Å². The van der Waals surface area contributed by atoms with Gasteiger partial charge in [-0.1, -0.05) is 272 Å². The molecule has 0 unspecified atom stereocenters. The molecule has 0 spiro atoms. The van der Waals surface area contributed by atoms with E-state index in [2.05, 4.69) is 37.2 Å². The molecule has 0 bridgehead atoms. The number of unbranched alkanes of at least 4 members (excludes halogenated alkanes) is 6. The van der Waals surface area contributed by atoms with Crippen molar-refractivity contribution < 1.29 is 71.9 Å². The zero-order valence-corrected chi connectivity index (χ0v) is 87.7. The molecule has 17 amide bonds. The van der Waals surface area contributed by atoms with Crippen molar-refractivity contribution in [3.8, 4) is 0 Å². The van der Waals surface area contributed by atoms with Gasteiger partial charge in [-0.05, 0) is 187 Å². The molecule has 1 aliphatic heterocycles. The van der Waals surface area contributed by atoms with Gasteiger partial charge in [0.15, 0.2) is 0 Å². The van der Waals surface area contributed by atoms with Gasteiger partial charge in [-0.3, -0.25) is 67.2 Å². The SMILES string of the molecule is CCCCC[C@@H]1NC(=O)N(C(=O)CCC(C)C)C[C@H](Cc2ccccc2)NC(=O)CN(C(=O)CCc2ccccc2)C[C@H](CCCCN)NC(=O)CN(C(=O)CCc2ccccc2)C[C@H](CCCCN)NC(=O)CN(C(=O)CCc2ccccc2)C[C@@H](CCCCN)NC(=O)CCC(=O)N(CC(N)=O)C[C@H](Cc2ccccc2)NC(=O)CN(C(=O)CCc2ccccc2)C[C@H](CCCCN)NC(=O)N1C(=O)CCc1ccccc1. The Balaban J connectivity index is 1.29. The number of carbonyl (C=O) groups is 15. The van der Waals surface area contributed by atoms with Crippen LogP contribution in [0.4, 0.5) is 9.59 Å². The lowest BCUT2D eigenvalue weighted by atomic mass is 10.0. The molecular weight excluding hydrogens is 1890 g/mol. The summed E-state index contributed by atoms with van der Waals surface area (Å²) in [7, 11) is 0. The molecule has 0 aliphatic carbocycles. The molecule has 34 nitrogen and oxygen atoms in total. The number of nitrogens with zero attached hydrogens (tertiary/aromatic N) is 7. The molecule has 7 atom stereocenters. The second kappa shape index (κ2) is 68.9. The third-order valence-electron chi connectivity index (χ3n) is 26.5. The van der Waals surface area contributed by atoms with E-state index in [4.69, 9.17) is 28.7 Å². The summed E-state index contributed by atoms with van der Waals surface area (Å²) in [6.07, 6.45) is 4.51. The smallest absolute Gasteiger partial charge is 0.326 e. The minimum Gasteiger partial charge on any atom is -0.368 e. The summed E-state index contributed by atoms with van der Waals surface area (Å²) in [5, 5.41) is 21.6. The predicted octanol–water partition coefficient (Wildman–Crippen LogP) is 9.79. The van der Waals surface area contributed by atoms with E-state index in [1.54, 1.807) is 30.3 Å². The van der Waals surface area contributed by atoms with Crippen molar-refractivity contribution in [2.75, 3.05) is 98.2 Å². The first kappa shape index (κ1) is 121. The molecule has 149 heavy (non-hydrogen) atoms. The lowest BCUT2D eigenvalue weighted by molar-refractivity contribution is -0.139. The molecule has 1 fully saturated rings. The van der Waals surface area contributed by atoms with Crippen LogP contribution in [0.25, 0.3) is 0 Å². The van der Waals surface area contributed by atoms with E-state index >= 15 is 57.5 Å². The molecule has 7 aromatic carbocycles. The maximum atomic E-state index is 16.2. The molecule has 1 aliphatic rings. The Morgan fingerprint density at radius 3 is 0.919 bits per heavy atom.